The summed E-state index contributed by atoms with van der Waals surface area (Å²) in [5, 5.41) is 27.0. The Hall–Kier alpha value is -3.53. The molecule has 1 aliphatic rings. The molecule has 1 saturated heterocycles. The fraction of sp³-hybridized carbons (Fsp3) is 0.303. The van der Waals surface area contributed by atoms with Gasteiger partial charge in [-0.2, -0.15) is 5.26 Å². The zero-order valence-electron chi connectivity index (χ0n) is 25.7. The number of piperidine rings is 1. The lowest BCUT2D eigenvalue weighted by molar-refractivity contribution is 0.0866. The van der Waals surface area contributed by atoms with Crippen molar-refractivity contribution >= 4 is 78.7 Å². The molecule has 2 aromatic carbocycles. The van der Waals surface area contributed by atoms with E-state index in [0.717, 1.165) is 30.4 Å². The molecule has 1 fully saturated rings. The summed E-state index contributed by atoms with van der Waals surface area (Å²) in [7, 11) is 0. The minimum Gasteiger partial charge on any atom is -0.373 e. The van der Waals surface area contributed by atoms with Crippen molar-refractivity contribution in [2.24, 2.45) is 0 Å². The Morgan fingerprint density at radius 3 is 2.47 bits per heavy atom. The van der Waals surface area contributed by atoms with E-state index in [0.29, 0.717) is 49.4 Å². The van der Waals surface area contributed by atoms with E-state index in [1.54, 1.807) is 12.3 Å². The van der Waals surface area contributed by atoms with Gasteiger partial charge in [0, 0.05) is 57.8 Å². The normalized spacial score (nSPS) is 15.0. The first-order valence-electron chi connectivity index (χ1n) is 14.9. The average molecular weight is 758 g/mol. The monoisotopic (exact) mass is 755 g/mol. The molecule has 9 nitrogen and oxygen atoms in total. The van der Waals surface area contributed by atoms with Crippen molar-refractivity contribution in [2.75, 3.05) is 23.7 Å². The number of nitriles is 1. The molecule has 1 unspecified atom stereocenters. The number of anilines is 3. The maximum Gasteiger partial charge on any atom is 0.141 e. The van der Waals surface area contributed by atoms with Crippen molar-refractivity contribution in [3.05, 3.63) is 97.3 Å². The van der Waals surface area contributed by atoms with Crippen LogP contribution in [0.15, 0.2) is 59.5 Å². The topological polar surface area (TPSA) is 108 Å². The van der Waals surface area contributed by atoms with Gasteiger partial charge in [-0.15, -0.1) is 5.10 Å². The number of hydrogen-bond acceptors (Lipinski definition) is 8. The van der Waals surface area contributed by atoms with E-state index in [-0.39, 0.29) is 22.2 Å². The molecule has 242 valence electrons. The van der Waals surface area contributed by atoms with E-state index in [9.17, 15) is 9.65 Å². The van der Waals surface area contributed by atoms with Crippen LogP contribution in [-0.4, -0.2) is 48.5 Å². The van der Waals surface area contributed by atoms with Gasteiger partial charge in [0.1, 0.15) is 28.8 Å². The molecular weight excluding hydrogens is 728 g/mol. The molecule has 4 heterocycles. The quantitative estimate of drug-likeness (QED) is 0.158. The maximum atomic E-state index is 13.9. The smallest absolute Gasteiger partial charge is 0.141 e. The first-order chi connectivity index (χ1) is 22.4. The van der Waals surface area contributed by atoms with Crippen LogP contribution in [0.1, 0.15) is 62.5 Å². The zero-order chi connectivity index (χ0) is 33.5. The molecule has 1 aliphatic heterocycles. The van der Waals surface area contributed by atoms with Crippen LogP contribution in [0.3, 0.4) is 0 Å². The lowest BCUT2D eigenvalue weighted by Crippen LogP contribution is -2.46. The molecule has 0 amide bonds. The van der Waals surface area contributed by atoms with Crippen molar-refractivity contribution in [3.8, 4) is 6.07 Å². The number of halogens is 5. The standard InChI is InChI=1S/C33H30BrCl3FN9/c1-33(2,3)46-8-6-22(7-9-46)47-17-28(44-45-47)31(24-10-19(34)16-41-32(24)37)43-21-11-23-29(42-20-4-5-27(38)25(35)12-20)18(14-39)15-40-30(23)26(36)13-21/h4-5,10-13,15-17,22,31,43H,6-9H2,1-3H3,(H,40,42). The van der Waals surface area contributed by atoms with Gasteiger partial charge in [0.15, 0.2) is 0 Å². The van der Waals surface area contributed by atoms with E-state index in [2.05, 4.69) is 78.6 Å². The number of pyridine rings is 2. The third-order valence-electron chi connectivity index (χ3n) is 8.30. The van der Waals surface area contributed by atoms with E-state index < -0.39 is 11.9 Å². The van der Waals surface area contributed by atoms with Crippen molar-refractivity contribution < 1.29 is 4.39 Å². The van der Waals surface area contributed by atoms with Crippen molar-refractivity contribution in [1.82, 2.24) is 29.9 Å². The molecule has 0 radical (unpaired) electrons. The minimum atomic E-state index is -0.566. The summed E-state index contributed by atoms with van der Waals surface area (Å²) >= 11 is 23.0. The highest BCUT2D eigenvalue weighted by molar-refractivity contribution is 9.10. The summed E-state index contributed by atoms with van der Waals surface area (Å²) in [5.41, 5.74) is 3.71. The molecule has 0 saturated carbocycles. The molecule has 0 spiro atoms. The van der Waals surface area contributed by atoms with Gasteiger partial charge in [-0.1, -0.05) is 40.0 Å². The van der Waals surface area contributed by atoms with Crippen LogP contribution < -0.4 is 10.6 Å². The number of rotatable bonds is 7. The Balaban J connectivity index is 1.39. The first kappa shape index (κ1) is 33.4. The van der Waals surface area contributed by atoms with Gasteiger partial charge in [0.25, 0.3) is 0 Å². The van der Waals surface area contributed by atoms with Crippen molar-refractivity contribution in [1.29, 1.82) is 5.26 Å². The van der Waals surface area contributed by atoms with E-state index >= 15 is 0 Å². The SMILES string of the molecule is CC(C)(C)N1CCC(n2cc(C(Nc3cc(Cl)c4ncc(C#N)c(Nc5ccc(F)c(Cl)c5)c4c3)c3cc(Br)cnc3Cl)nn2)CC1. The second-order valence-corrected chi connectivity index (χ2v) is 14.5. The highest BCUT2D eigenvalue weighted by Crippen LogP contribution is 2.38. The van der Waals surface area contributed by atoms with Gasteiger partial charge in [-0.3, -0.25) is 9.88 Å². The van der Waals surface area contributed by atoms with Gasteiger partial charge in [0.05, 0.1) is 39.1 Å². The number of likely N-dealkylation sites (tertiary alicyclic amines) is 1. The number of benzene rings is 2. The fourth-order valence-electron chi connectivity index (χ4n) is 5.80. The Labute approximate surface area is 295 Å². The Morgan fingerprint density at radius 1 is 1.02 bits per heavy atom. The Bertz CT molecular complexity index is 2000. The average Bonchev–Trinajstić information content (AvgIpc) is 3.53. The van der Waals surface area contributed by atoms with Gasteiger partial charge in [0.2, 0.25) is 0 Å². The summed E-state index contributed by atoms with van der Waals surface area (Å²) in [6.07, 6.45) is 6.94. The summed E-state index contributed by atoms with van der Waals surface area (Å²) in [4.78, 5) is 11.3. The van der Waals surface area contributed by atoms with Crippen LogP contribution in [0.5, 0.6) is 0 Å². The number of hydrogen-bond donors (Lipinski definition) is 2. The second-order valence-electron chi connectivity index (χ2n) is 12.4. The van der Waals surface area contributed by atoms with Gasteiger partial charge in [-0.05, 0) is 85.9 Å². The molecule has 6 rings (SSSR count). The summed E-state index contributed by atoms with van der Waals surface area (Å²) in [6.45, 7) is 8.66. The molecule has 3 aromatic heterocycles. The largest absolute Gasteiger partial charge is 0.373 e. The Morgan fingerprint density at radius 2 is 1.77 bits per heavy atom. The molecule has 0 aliphatic carbocycles. The molecule has 14 heteroatoms. The number of nitrogens with one attached hydrogen (secondary N) is 2. The predicted octanol–water partition coefficient (Wildman–Crippen LogP) is 9.34. The molecule has 1 atom stereocenters. The number of aromatic nitrogens is 5. The maximum absolute atomic E-state index is 13.9. The first-order valence-corrected chi connectivity index (χ1v) is 16.8. The lowest BCUT2D eigenvalue weighted by atomic mass is 9.98. The third kappa shape index (κ3) is 7.17. The summed E-state index contributed by atoms with van der Waals surface area (Å²) in [5.74, 6) is -0.550. The zero-order valence-corrected chi connectivity index (χ0v) is 29.6. The van der Waals surface area contributed by atoms with Gasteiger partial charge < -0.3 is 10.6 Å². The fourth-order valence-corrected chi connectivity index (χ4v) is 6.81. The van der Waals surface area contributed by atoms with E-state index in [4.69, 9.17) is 34.8 Å². The summed E-state index contributed by atoms with van der Waals surface area (Å²) < 4.78 is 16.6. The van der Waals surface area contributed by atoms with Crippen molar-refractivity contribution in [2.45, 2.75) is 51.2 Å². The van der Waals surface area contributed by atoms with Gasteiger partial charge >= 0.3 is 0 Å². The predicted molar refractivity (Wildman–Crippen MR) is 188 cm³/mol. The highest BCUT2D eigenvalue weighted by atomic mass is 79.9. The second kappa shape index (κ2) is 13.5. The van der Waals surface area contributed by atoms with Gasteiger partial charge in [-0.25, -0.2) is 14.1 Å². The molecule has 0 bridgehead atoms. The number of nitrogens with zero attached hydrogens (tertiary/aromatic N) is 7. The molecule has 5 aromatic rings. The Kier molecular flexibility index (Phi) is 9.61. The van der Waals surface area contributed by atoms with Crippen LogP contribution in [-0.2, 0) is 0 Å². The van der Waals surface area contributed by atoms with Crippen LogP contribution in [0.25, 0.3) is 10.9 Å². The third-order valence-corrected chi connectivity index (χ3v) is 9.63. The minimum absolute atomic E-state index is 0.0533. The molecule has 47 heavy (non-hydrogen) atoms. The molecular formula is C33H30BrCl3FN9. The van der Waals surface area contributed by atoms with Crippen LogP contribution in [0.2, 0.25) is 15.2 Å². The highest BCUT2D eigenvalue weighted by Gasteiger charge is 2.30. The van der Waals surface area contributed by atoms with E-state index in [1.165, 1.54) is 24.4 Å². The van der Waals surface area contributed by atoms with Crippen LogP contribution in [0, 0.1) is 17.1 Å². The van der Waals surface area contributed by atoms with Crippen LogP contribution in [0.4, 0.5) is 21.5 Å². The van der Waals surface area contributed by atoms with Crippen molar-refractivity contribution in [3.63, 3.8) is 0 Å². The van der Waals surface area contributed by atoms with E-state index in [1.807, 2.05) is 23.0 Å². The summed E-state index contributed by atoms with van der Waals surface area (Å²) in [6, 6.07) is 11.5. The lowest BCUT2D eigenvalue weighted by Gasteiger charge is -2.40. The molecule has 2 N–H and O–H groups in total. The number of fused-ring (bicyclic) bond motifs is 1. The van der Waals surface area contributed by atoms with Crippen LogP contribution >= 0.6 is 50.7 Å².